The molecule has 0 amide bonds. The Labute approximate surface area is 147 Å². The van der Waals surface area contributed by atoms with E-state index in [9.17, 15) is 0 Å². The Bertz CT molecular complexity index is 1000. The molecular formula is C23H22S. The molecule has 0 aliphatic heterocycles. The SMILES string of the molecule is CC(C)(C)c1cccc2c1sc1c(Cc3ccccc3)cccc12. The van der Waals surface area contributed by atoms with Crippen LogP contribution in [0.3, 0.4) is 0 Å². The molecule has 1 aromatic heterocycles. The van der Waals surface area contributed by atoms with Crippen LogP contribution >= 0.6 is 11.3 Å². The maximum absolute atomic E-state index is 2.30. The maximum Gasteiger partial charge on any atom is 0.0392 e. The van der Waals surface area contributed by atoms with E-state index in [0.29, 0.717) is 0 Å². The molecular weight excluding hydrogens is 308 g/mol. The number of hydrogen-bond acceptors (Lipinski definition) is 1. The summed E-state index contributed by atoms with van der Waals surface area (Å²) in [5.41, 5.74) is 4.42. The summed E-state index contributed by atoms with van der Waals surface area (Å²) in [5, 5.41) is 2.80. The van der Waals surface area contributed by atoms with Crippen molar-refractivity contribution in [3.05, 3.63) is 83.4 Å². The third kappa shape index (κ3) is 2.63. The highest BCUT2D eigenvalue weighted by atomic mass is 32.1. The van der Waals surface area contributed by atoms with Gasteiger partial charge >= 0.3 is 0 Å². The number of benzene rings is 3. The van der Waals surface area contributed by atoms with E-state index in [1.165, 1.54) is 36.9 Å². The van der Waals surface area contributed by atoms with Crippen LogP contribution < -0.4 is 0 Å². The third-order valence-electron chi connectivity index (χ3n) is 4.65. The first kappa shape index (κ1) is 15.4. The lowest BCUT2D eigenvalue weighted by atomic mass is 9.86. The molecule has 0 aliphatic rings. The number of fused-ring (bicyclic) bond motifs is 3. The Kier molecular flexibility index (Phi) is 3.69. The summed E-state index contributed by atoms with van der Waals surface area (Å²) in [4.78, 5) is 0. The molecule has 0 N–H and O–H groups in total. The summed E-state index contributed by atoms with van der Waals surface area (Å²) in [7, 11) is 0. The number of thiophene rings is 1. The highest BCUT2D eigenvalue weighted by Crippen LogP contribution is 2.41. The molecule has 4 aromatic rings. The van der Waals surface area contributed by atoms with Crippen LogP contribution in [0.15, 0.2) is 66.7 Å². The summed E-state index contributed by atoms with van der Waals surface area (Å²) in [6.45, 7) is 6.91. The Morgan fingerprint density at radius 3 is 2.08 bits per heavy atom. The monoisotopic (exact) mass is 330 g/mol. The van der Waals surface area contributed by atoms with Gasteiger partial charge in [-0.3, -0.25) is 0 Å². The first-order chi connectivity index (χ1) is 11.5. The molecule has 24 heavy (non-hydrogen) atoms. The second-order valence-electron chi connectivity index (χ2n) is 7.49. The van der Waals surface area contributed by atoms with Gasteiger partial charge in [-0.05, 0) is 28.5 Å². The molecule has 0 nitrogen and oxygen atoms in total. The molecule has 0 radical (unpaired) electrons. The normalized spacial score (nSPS) is 12.1. The first-order valence-corrected chi connectivity index (χ1v) is 9.33. The zero-order valence-corrected chi connectivity index (χ0v) is 15.3. The molecule has 120 valence electrons. The van der Waals surface area contributed by atoms with Gasteiger partial charge in [-0.25, -0.2) is 0 Å². The lowest BCUT2D eigenvalue weighted by Crippen LogP contribution is -2.10. The largest absolute Gasteiger partial charge is 0.135 e. The Balaban J connectivity index is 1.95. The molecule has 0 atom stereocenters. The fourth-order valence-electron chi connectivity index (χ4n) is 3.42. The summed E-state index contributed by atoms with van der Waals surface area (Å²) in [6, 6.07) is 24.3. The molecule has 1 heteroatoms. The molecule has 0 unspecified atom stereocenters. The van der Waals surface area contributed by atoms with E-state index in [-0.39, 0.29) is 5.41 Å². The topological polar surface area (TPSA) is 0 Å². The maximum atomic E-state index is 2.30. The van der Waals surface area contributed by atoms with Gasteiger partial charge in [0.2, 0.25) is 0 Å². The molecule has 4 rings (SSSR count). The predicted octanol–water partition coefficient (Wildman–Crippen LogP) is 6.94. The van der Waals surface area contributed by atoms with Crippen LogP contribution in [0.5, 0.6) is 0 Å². The van der Waals surface area contributed by atoms with Crippen molar-refractivity contribution in [2.75, 3.05) is 0 Å². The van der Waals surface area contributed by atoms with Gasteiger partial charge in [0.15, 0.2) is 0 Å². The standard InChI is InChI=1S/C23H22S/c1-23(2,3)20-14-8-13-19-18-12-7-11-17(21(18)24-22(19)20)15-16-9-5-4-6-10-16/h4-14H,15H2,1-3H3. The van der Waals surface area contributed by atoms with E-state index < -0.39 is 0 Å². The smallest absolute Gasteiger partial charge is 0.0392 e. The minimum absolute atomic E-state index is 0.167. The average Bonchev–Trinajstić information content (AvgIpc) is 2.95. The molecule has 0 saturated carbocycles. The van der Waals surface area contributed by atoms with Gasteiger partial charge in [-0.15, -0.1) is 11.3 Å². The highest BCUT2D eigenvalue weighted by Gasteiger charge is 2.19. The zero-order chi connectivity index (χ0) is 16.7. The quantitative estimate of drug-likeness (QED) is 0.373. The Hall–Kier alpha value is -2.12. The minimum Gasteiger partial charge on any atom is -0.135 e. The van der Waals surface area contributed by atoms with Crippen molar-refractivity contribution in [1.29, 1.82) is 0 Å². The number of rotatable bonds is 2. The zero-order valence-electron chi connectivity index (χ0n) is 14.5. The highest BCUT2D eigenvalue weighted by molar-refractivity contribution is 7.26. The number of hydrogen-bond donors (Lipinski definition) is 0. The van der Waals surface area contributed by atoms with Crippen LogP contribution in [0.4, 0.5) is 0 Å². The van der Waals surface area contributed by atoms with E-state index in [4.69, 9.17) is 0 Å². The molecule has 3 aromatic carbocycles. The van der Waals surface area contributed by atoms with Crippen LogP contribution in [0.1, 0.15) is 37.5 Å². The lowest BCUT2D eigenvalue weighted by molar-refractivity contribution is 0.597. The second kappa shape index (κ2) is 5.75. The lowest BCUT2D eigenvalue weighted by Gasteiger charge is -2.19. The van der Waals surface area contributed by atoms with Crippen molar-refractivity contribution in [3.8, 4) is 0 Å². The summed E-state index contributed by atoms with van der Waals surface area (Å²) in [6.07, 6.45) is 0.996. The van der Waals surface area contributed by atoms with E-state index in [1.54, 1.807) is 0 Å². The molecule has 0 aliphatic carbocycles. The first-order valence-electron chi connectivity index (χ1n) is 8.51. The molecule has 0 saturated heterocycles. The van der Waals surface area contributed by atoms with Crippen molar-refractivity contribution >= 4 is 31.5 Å². The second-order valence-corrected chi connectivity index (χ2v) is 8.51. The van der Waals surface area contributed by atoms with Crippen LogP contribution in [-0.2, 0) is 11.8 Å². The van der Waals surface area contributed by atoms with Crippen molar-refractivity contribution in [3.63, 3.8) is 0 Å². The summed E-state index contributed by atoms with van der Waals surface area (Å²) >= 11 is 1.96. The average molecular weight is 330 g/mol. The fourth-order valence-corrected chi connectivity index (χ4v) is 4.96. The third-order valence-corrected chi connectivity index (χ3v) is 5.98. The van der Waals surface area contributed by atoms with Crippen LogP contribution in [0.25, 0.3) is 20.2 Å². The van der Waals surface area contributed by atoms with Crippen LogP contribution in [0.2, 0.25) is 0 Å². The van der Waals surface area contributed by atoms with E-state index in [2.05, 4.69) is 87.5 Å². The van der Waals surface area contributed by atoms with Gasteiger partial charge in [0.05, 0.1) is 0 Å². The molecule has 0 spiro atoms. The predicted molar refractivity (Wildman–Crippen MR) is 107 cm³/mol. The molecule has 0 bridgehead atoms. The summed E-state index contributed by atoms with van der Waals surface area (Å²) in [5.74, 6) is 0. The van der Waals surface area contributed by atoms with E-state index in [1.807, 2.05) is 11.3 Å². The van der Waals surface area contributed by atoms with Gasteiger partial charge < -0.3 is 0 Å². The van der Waals surface area contributed by atoms with Crippen LogP contribution in [-0.4, -0.2) is 0 Å². The fraction of sp³-hybridized carbons (Fsp3) is 0.217. The Morgan fingerprint density at radius 2 is 1.38 bits per heavy atom. The van der Waals surface area contributed by atoms with Crippen molar-refractivity contribution < 1.29 is 0 Å². The van der Waals surface area contributed by atoms with Gasteiger partial charge in [-0.2, -0.15) is 0 Å². The Morgan fingerprint density at radius 1 is 0.708 bits per heavy atom. The van der Waals surface area contributed by atoms with Gasteiger partial charge in [0.1, 0.15) is 0 Å². The van der Waals surface area contributed by atoms with Gasteiger partial charge in [-0.1, -0.05) is 87.5 Å². The minimum atomic E-state index is 0.167. The molecule has 1 heterocycles. The summed E-state index contributed by atoms with van der Waals surface area (Å²) < 4.78 is 2.88. The van der Waals surface area contributed by atoms with Crippen molar-refractivity contribution in [1.82, 2.24) is 0 Å². The van der Waals surface area contributed by atoms with Crippen molar-refractivity contribution in [2.45, 2.75) is 32.6 Å². The van der Waals surface area contributed by atoms with E-state index >= 15 is 0 Å². The van der Waals surface area contributed by atoms with Gasteiger partial charge in [0, 0.05) is 20.2 Å². The van der Waals surface area contributed by atoms with Gasteiger partial charge in [0.25, 0.3) is 0 Å². The van der Waals surface area contributed by atoms with Crippen LogP contribution in [0, 0.1) is 0 Å². The van der Waals surface area contributed by atoms with Crippen molar-refractivity contribution in [2.24, 2.45) is 0 Å². The van der Waals surface area contributed by atoms with E-state index in [0.717, 1.165) is 6.42 Å². The molecule has 0 fully saturated rings.